The molecule has 0 heterocycles. The van der Waals surface area contributed by atoms with Gasteiger partial charge < -0.3 is 4.74 Å². The summed E-state index contributed by atoms with van der Waals surface area (Å²) in [6.07, 6.45) is 14.4. The minimum absolute atomic E-state index is 0.135. The maximum absolute atomic E-state index is 13.1. The first kappa shape index (κ1) is 20.1. The smallest absolute Gasteiger partial charge is 0.123 e. The normalized spacial score (nSPS) is 29.6. The van der Waals surface area contributed by atoms with Crippen LogP contribution in [0, 0.1) is 17.7 Å². The third-order valence-electron chi connectivity index (χ3n) is 6.55. The van der Waals surface area contributed by atoms with Gasteiger partial charge in [-0.2, -0.15) is 0 Å². The van der Waals surface area contributed by atoms with Crippen LogP contribution in [0.1, 0.15) is 82.1 Å². The minimum Gasteiger partial charge on any atom is -0.378 e. The number of unbranched alkanes of at least 4 members (excludes halogenated alkanes) is 1. The molecular weight excluding hydrogens is 347 g/mol. The summed E-state index contributed by atoms with van der Waals surface area (Å²) in [6, 6.07) is 7.11. The summed E-state index contributed by atoms with van der Waals surface area (Å²) in [5.41, 5.74) is 1.30. The van der Waals surface area contributed by atoms with Gasteiger partial charge in [0.05, 0.1) is 6.10 Å². The second-order valence-electron chi connectivity index (χ2n) is 8.43. The molecule has 0 radical (unpaired) electrons. The van der Waals surface area contributed by atoms with Crippen LogP contribution in [0.5, 0.6) is 0 Å². The zero-order valence-corrected chi connectivity index (χ0v) is 16.7. The summed E-state index contributed by atoms with van der Waals surface area (Å²) < 4.78 is 19.4. The van der Waals surface area contributed by atoms with Gasteiger partial charge in [-0.15, -0.1) is 11.6 Å². The maximum atomic E-state index is 13.1. The van der Waals surface area contributed by atoms with Gasteiger partial charge in [0.1, 0.15) is 5.82 Å². The summed E-state index contributed by atoms with van der Waals surface area (Å²) in [6.45, 7) is 0.942. The Morgan fingerprint density at radius 2 is 1.50 bits per heavy atom. The van der Waals surface area contributed by atoms with E-state index in [2.05, 4.69) is 0 Å². The topological polar surface area (TPSA) is 9.23 Å². The first-order chi connectivity index (χ1) is 12.7. The van der Waals surface area contributed by atoms with Crippen molar-refractivity contribution in [3.05, 3.63) is 35.6 Å². The number of benzene rings is 1. The molecular formula is C23H34ClFO. The lowest BCUT2D eigenvalue weighted by molar-refractivity contribution is -0.00845. The van der Waals surface area contributed by atoms with E-state index in [1.807, 2.05) is 12.1 Å². The Kier molecular flexibility index (Phi) is 8.26. The second-order valence-corrected chi connectivity index (χ2v) is 8.81. The highest BCUT2D eigenvalue weighted by atomic mass is 35.5. The third-order valence-corrected chi connectivity index (χ3v) is 6.81. The summed E-state index contributed by atoms with van der Waals surface area (Å²) in [4.78, 5) is 0. The van der Waals surface area contributed by atoms with Crippen molar-refractivity contribution in [2.75, 3.05) is 12.5 Å². The predicted molar refractivity (Wildman–Crippen MR) is 107 cm³/mol. The van der Waals surface area contributed by atoms with Crippen LogP contribution in [-0.4, -0.2) is 18.6 Å². The molecule has 0 aliphatic heterocycles. The molecule has 2 saturated carbocycles. The molecule has 0 spiro atoms. The van der Waals surface area contributed by atoms with Crippen molar-refractivity contribution < 1.29 is 9.13 Å². The van der Waals surface area contributed by atoms with Crippen LogP contribution in [0.2, 0.25) is 0 Å². The third kappa shape index (κ3) is 6.23. The van der Waals surface area contributed by atoms with Crippen LogP contribution >= 0.6 is 11.6 Å². The van der Waals surface area contributed by atoms with Gasteiger partial charge in [-0.25, -0.2) is 4.39 Å². The Bertz CT molecular complexity index is 501. The Balaban J connectivity index is 1.30. The van der Waals surface area contributed by atoms with Crippen molar-refractivity contribution >= 4 is 11.6 Å². The van der Waals surface area contributed by atoms with Gasteiger partial charge in [0.25, 0.3) is 0 Å². The zero-order valence-electron chi connectivity index (χ0n) is 16.0. The molecule has 26 heavy (non-hydrogen) atoms. The molecule has 0 N–H and O–H groups in total. The van der Waals surface area contributed by atoms with Crippen molar-refractivity contribution in [2.45, 2.75) is 82.7 Å². The molecule has 146 valence electrons. The van der Waals surface area contributed by atoms with Crippen LogP contribution in [-0.2, 0) is 4.74 Å². The van der Waals surface area contributed by atoms with E-state index in [1.165, 1.54) is 76.2 Å². The average Bonchev–Trinajstić information content (AvgIpc) is 2.69. The largest absolute Gasteiger partial charge is 0.378 e. The number of rotatable bonds is 8. The van der Waals surface area contributed by atoms with Gasteiger partial charge in [0.15, 0.2) is 0 Å². The van der Waals surface area contributed by atoms with E-state index in [9.17, 15) is 4.39 Å². The first-order valence-electron chi connectivity index (χ1n) is 10.7. The molecule has 1 aromatic rings. The number of halogens is 2. The molecule has 0 bridgehead atoms. The first-order valence-corrected chi connectivity index (χ1v) is 11.2. The number of alkyl halides is 1. The molecule has 3 heteroatoms. The monoisotopic (exact) mass is 380 g/mol. The predicted octanol–water partition coefficient (Wildman–Crippen LogP) is 7.08. The molecule has 2 aliphatic carbocycles. The molecule has 0 saturated heterocycles. The van der Waals surface area contributed by atoms with Gasteiger partial charge in [-0.1, -0.05) is 25.0 Å². The standard InChI is InChI=1S/C23H34ClFO/c24-16-2-1-3-18-6-14-23(15-7-18)26-17-19-4-8-20(9-5-19)21-10-12-22(25)13-11-21/h10-13,18-20,23H,1-9,14-17H2/t18-,19-,20-,23-. The highest BCUT2D eigenvalue weighted by Gasteiger charge is 2.25. The summed E-state index contributed by atoms with van der Waals surface area (Å²) in [7, 11) is 0. The fourth-order valence-corrected chi connectivity index (χ4v) is 4.97. The van der Waals surface area contributed by atoms with Crippen molar-refractivity contribution in [2.24, 2.45) is 11.8 Å². The summed E-state index contributed by atoms with van der Waals surface area (Å²) >= 11 is 5.77. The van der Waals surface area contributed by atoms with Crippen molar-refractivity contribution in [3.8, 4) is 0 Å². The van der Waals surface area contributed by atoms with Crippen LogP contribution < -0.4 is 0 Å². The van der Waals surface area contributed by atoms with E-state index >= 15 is 0 Å². The van der Waals surface area contributed by atoms with Crippen LogP contribution in [0.4, 0.5) is 4.39 Å². The van der Waals surface area contributed by atoms with E-state index in [0.717, 1.165) is 18.4 Å². The Morgan fingerprint density at radius 1 is 0.846 bits per heavy atom. The van der Waals surface area contributed by atoms with Crippen molar-refractivity contribution in [1.29, 1.82) is 0 Å². The van der Waals surface area contributed by atoms with Crippen molar-refractivity contribution in [3.63, 3.8) is 0 Å². The summed E-state index contributed by atoms with van der Waals surface area (Å²) in [5.74, 6) is 2.90. The van der Waals surface area contributed by atoms with E-state index in [-0.39, 0.29) is 5.82 Å². The molecule has 0 unspecified atom stereocenters. The highest BCUT2D eigenvalue weighted by molar-refractivity contribution is 6.17. The lowest BCUT2D eigenvalue weighted by Gasteiger charge is -2.32. The minimum atomic E-state index is -0.135. The Hall–Kier alpha value is -0.600. The van der Waals surface area contributed by atoms with Gasteiger partial charge >= 0.3 is 0 Å². The van der Waals surface area contributed by atoms with Gasteiger partial charge in [0, 0.05) is 12.5 Å². The van der Waals surface area contributed by atoms with Gasteiger partial charge in [-0.3, -0.25) is 0 Å². The number of ether oxygens (including phenoxy) is 1. The molecule has 2 aliphatic rings. The molecule has 0 aromatic heterocycles. The van der Waals surface area contributed by atoms with Crippen molar-refractivity contribution in [1.82, 2.24) is 0 Å². The fraction of sp³-hybridized carbons (Fsp3) is 0.739. The number of hydrogen-bond donors (Lipinski definition) is 0. The van der Waals surface area contributed by atoms with Crippen LogP contribution in [0.3, 0.4) is 0 Å². The molecule has 1 nitrogen and oxygen atoms in total. The SMILES string of the molecule is Fc1ccc([C@H]2CC[C@H](CO[C@H]3CC[C@H](CCCCCl)CC3)CC2)cc1. The Labute approximate surface area is 163 Å². The van der Waals surface area contributed by atoms with E-state index in [0.29, 0.717) is 17.9 Å². The zero-order chi connectivity index (χ0) is 18.2. The number of hydrogen-bond acceptors (Lipinski definition) is 1. The van der Waals surface area contributed by atoms with E-state index in [1.54, 1.807) is 12.1 Å². The molecule has 3 rings (SSSR count). The second kappa shape index (κ2) is 10.7. The molecule has 2 fully saturated rings. The summed E-state index contributed by atoms with van der Waals surface area (Å²) in [5, 5.41) is 0. The lowest BCUT2D eigenvalue weighted by Crippen LogP contribution is -2.25. The fourth-order valence-electron chi connectivity index (χ4n) is 4.78. The van der Waals surface area contributed by atoms with E-state index < -0.39 is 0 Å². The van der Waals surface area contributed by atoms with Gasteiger partial charge in [-0.05, 0) is 93.2 Å². The van der Waals surface area contributed by atoms with Crippen LogP contribution in [0.25, 0.3) is 0 Å². The highest BCUT2D eigenvalue weighted by Crippen LogP contribution is 2.37. The lowest BCUT2D eigenvalue weighted by atomic mass is 9.79. The quantitative estimate of drug-likeness (QED) is 0.345. The van der Waals surface area contributed by atoms with Gasteiger partial charge in [0.2, 0.25) is 0 Å². The van der Waals surface area contributed by atoms with Crippen LogP contribution in [0.15, 0.2) is 24.3 Å². The Morgan fingerprint density at radius 3 is 2.15 bits per heavy atom. The van der Waals surface area contributed by atoms with E-state index in [4.69, 9.17) is 16.3 Å². The molecule has 1 aromatic carbocycles. The molecule has 0 atom stereocenters. The molecule has 0 amide bonds. The maximum Gasteiger partial charge on any atom is 0.123 e. The average molecular weight is 381 g/mol.